The van der Waals surface area contributed by atoms with Gasteiger partial charge in [-0.2, -0.15) is 8.78 Å². The van der Waals surface area contributed by atoms with Crippen LogP contribution in [-0.2, 0) is 0 Å². The van der Waals surface area contributed by atoms with E-state index >= 15 is 35.1 Å². The molecule has 0 unspecified atom stereocenters. The predicted molar refractivity (Wildman–Crippen MR) is 203 cm³/mol. The van der Waals surface area contributed by atoms with E-state index in [1.165, 1.54) is 58.2 Å². The van der Waals surface area contributed by atoms with Gasteiger partial charge in [-0.25, -0.2) is 79.0 Å². The molecule has 5 aromatic carbocycles. The van der Waals surface area contributed by atoms with Crippen molar-refractivity contribution < 1.29 is 87.8 Å². The highest BCUT2D eigenvalue weighted by Crippen LogP contribution is 2.54. The molecule has 0 aliphatic carbocycles. The number of rotatable bonds is 14. The summed E-state index contributed by atoms with van der Waals surface area (Å²) in [5, 5.41) is 0. The summed E-state index contributed by atoms with van der Waals surface area (Å²) >= 11 is 0. The minimum Gasteiger partial charge on any atom is -0.303 e. The molecule has 5 rings (SSSR count). The third kappa shape index (κ3) is 9.44. The van der Waals surface area contributed by atoms with Crippen molar-refractivity contribution in [1.29, 1.82) is 0 Å². The van der Waals surface area contributed by atoms with Crippen LogP contribution in [0.25, 0.3) is 33.4 Å². The molecule has 2 nitrogen and oxygen atoms in total. The number of quaternary nitrogens is 1. The smallest absolute Gasteiger partial charge is 0.226 e. The number of nitrogens with zero attached hydrogens (tertiary/aromatic N) is 2. The molecule has 66 heavy (non-hydrogen) atoms. The zero-order valence-electron chi connectivity index (χ0n) is 35.0. The maximum Gasteiger partial charge on any atom is 0.226 e. The number of unbranched alkanes of at least 4 members (excludes halogenated alkanes) is 3. The van der Waals surface area contributed by atoms with Crippen molar-refractivity contribution in [2.75, 3.05) is 33.7 Å². The van der Waals surface area contributed by atoms with Crippen LogP contribution in [0.4, 0.5) is 99.2 Å². The van der Waals surface area contributed by atoms with Gasteiger partial charge in [0.05, 0.1) is 36.3 Å². The Balaban J connectivity index is 0.000000636. The Morgan fingerprint density at radius 2 is 0.576 bits per heavy atom. The van der Waals surface area contributed by atoms with Gasteiger partial charge in [-0.05, 0) is 50.5 Å². The highest BCUT2D eigenvalue weighted by Gasteiger charge is 2.44. The van der Waals surface area contributed by atoms with Gasteiger partial charge < -0.3 is 4.90 Å². The van der Waals surface area contributed by atoms with E-state index in [9.17, 15) is 52.7 Å². The summed E-state index contributed by atoms with van der Waals surface area (Å²) < 4.78 is 294. The van der Waals surface area contributed by atoms with Crippen LogP contribution in [0.1, 0.15) is 59.3 Å². The molecular formula is C44H35F20N2+. The van der Waals surface area contributed by atoms with E-state index in [1.54, 1.807) is 0 Å². The molecule has 360 valence electrons. The molecule has 0 saturated carbocycles. The third-order valence-corrected chi connectivity index (χ3v) is 10.4. The van der Waals surface area contributed by atoms with E-state index in [1.807, 2.05) is 0 Å². The molecule has 0 saturated heterocycles. The number of halogens is 20. The lowest BCUT2D eigenvalue weighted by Crippen LogP contribution is -2.38. The molecule has 5 aromatic rings. The standard InChI is InChI=1S/C32H8F20N.C12H27N/c1-53(2,32-30(51)28(49)27(48)29(50)31(32)52)6-4-3-5(8-12(33)18(39)24(45)19(40)13(8)34)7(10-14(35)20(41)25(46)21(42)15(10)36)9(6)11-16(37)22(43)26(47)23(44)17(11)38;1-4-7-10-13(11-8-5-2)12-9-6-3/h3-4H,1-2H3;4-12H2,1-3H3/q+1;. The molecule has 0 aromatic heterocycles. The van der Waals surface area contributed by atoms with Gasteiger partial charge in [0.1, 0.15) is 5.69 Å². The average Bonchev–Trinajstić information content (AvgIpc) is 3.29. The largest absolute Gasteiger partial charge is 0.303 e. The first-order valence-corrected chi connectivity index (χ1v) is 19.6. The fraction of sp³-hybridized carbons (Fsp3) is 0.318. The Hall–Kier alpha value is -5.38. The van der Waals surface area contributed by atoms with Crippen LogP contribution in [0, 0.1) is 116 Å². The highest BCUT2D eigenvalue weighted by molar-refractivity contribution is 6.01. The first-order chi connectivity index (χ1) is 30.8. The number of hydrogen-bond donors (Lipinski definition) is 0. The summed E-state index contributed by atoms with van der Waals surface area (Å²) in [4.78, 5) is 2.64. The van der Waals surface area contributed by atoms with Gasteiger partial charge in [0.25, 0.3) is 0 Å². The average molecular weight is 972 g/mol. The Kier molecular flexibility index (Phi) is 17.0. The Morgan fingerprint density at radius 3 is 0.879 bits per heavy atom. The van der Waals surface area contributed by atoms with Crippen molar-refractivity contribution in [3.05, 3.63) is 128 Å². The van der Waals surface area contributed by atoms with E-state index in [0.29, 0.717) is 0 Å². The maximum absolute atomic E-state index is 15.6. The van der Waals surface area contributed by atoms with Crippen molar-refractivity contribution >= 4 is 11.4 Å². The van der Waals surface area contributed by atoms with Crippen LogP contribution in [0.15, 0.2) is 12.1 Å². The lowest BCUT2D eigenvalue weighted by molar-refractivity contribution is 0.261. The lowest BCUT2D eigenvalue weighted by Gasteiger charge is -2.33. The second-order valence-corrected chi connectivity index (χ2v) is 15.0. The topological polar surface area (TPSA) is 3.24 Å². The Morgan fingerprint density at radius 1 is 0.318 bits per heavy atom. The lowest BCUT2D eigenvalue weighted by atomic mass is 9.84. The second kappa shape index (κ2) is 21.1. The van der Waals surface area contributed by atoms with Crippen LogP contribution in [-0.4, -0.2) is 38.6 Å². The molecule has 0 spiro atoms. The molecule has 22 heteroatoms. The van der Waals surface area contributed by atoms with Crippen molar-refractivity contribution in [2.45, 2.75) is 59.3 Å². The van der Waals surface area contributed by atoms with E-state index in [0.717, 1.165) is 0 Å². The van der Waals surface area contributed by atoms with E-state index < -0.39 is 166 Å². The molecular weight excluding hydrogens is 936 g/mol. The molecule has 0 aliphatic heterocycles. The van der Waals surface area contributed by atoms with Crippen molar-refractivity contribution in [3.63, 3.8) is 0 Å². The van der Waals surface area contributed by atoms with Gasteiger partial charge in [0, 0.05) is 11.6 Å². The fourth-order valence-corrected chi connectivity index (χ4v) is 6.95. The van der Waals surface area contributed by atoms with Crippen molar-refractivity contribution in [3.8, 4) is 33.4 Å². The Bertz CT molecular complexity index is 2530. The van der Waals surface area contributed by atoms with Crippen molar-refractivity contribution in [2.24, 2.45) is 0 Å². The second-order valence-electron chi connectivity index (χ2n) is 15.0. The van der Waals surface area contributed by atoms with Crippen LogP contribution >= 0.6 is 0 Å². The molecule has 0 fully saturated rings. The summed E-state index contributed by atoms with van der Waals surface area (Å²) in [7, 11) is 0.563. The zero-order valence-corrected chi connectivity index (χ0v) is 35.0. The molecule has 0 aliphatic rings. The fourth-order valence-electron chi connectivity index (χ4n) is 6.95. The molecule has 0 N–H and O–H groups in total. The number of benzene rings is 5. The van der Waals surface area contributed by atoms with Crippen LogP contribution in [0.2, 0.25) is 0 Å². The van der Waals surface area contributed by atoms with Gasteiger partial charge in [0.15, 0.2) is 69.8 Å². The minimum atomic E-state index is -3.11. The Labute approximate surface area is 363 Å². The zero-order chi connectivity index (χ0) is 50.0. The van der Waals surface area contributed by atoms with Crippen LogP contribution in [0.5, 0.6) is 0 Å². The minimum absolute atomic E-state index is 0.0195. The van der Waals surface area contributed by atoms with E-state index in [-0.39, 0.29) is 26.2 Å². The monoisotopic (exact) mass is 971 g/mol. The summed E-state index contributed by atoms with van der Waals surface area (Å²) in [6.45, 7) is 10.8. The summed E-state index contributed by atoms with van der Waals surface area (Å²) in [6.07, 6.45) is 8.09. The first-order valence-electron chi connectivity index (χ1n) is 19.6. The van der Waals surface area contributed by atoms with Gasteiger partial charge in [-0.15, -0.1) is 0 Å². The summed E-state index contributed by atoms with van der Waals surface area (Å²) in [5.74, 6) is -59.6. The van der Waals surface area contributed by atoms with Gasteiger partial charge in [0.2, 0.25) is 52.2 Å². The highest BCUT2D eigenvalue weighted by atomic mass is 19.2. The molecule has 0 heterocycles. The number of hydrogen-bond acceptors (Lipinski definition) is 1. The summed E-state index contributed by atoms with van der Waals surface area (Å²) in [5.41, 5.74) is -18.3. The van der Waals surface area contributed by atoms with E-state index in [2.05, 4.69) is 25.7 Å². The summed E-state index contributed by atoms with van der Waals surface area (Å²) in [6, 6.07) is -0.142. The predicted octanol–water partition coefficient (Wildman–Crippen LogP) is 15.1. The van der Waals surface area contributed by atoms with Crippen molar-refractivity contribution in [1.82, 2.24) is 9.38 Å². The first kappa shape index (κ1) is 53.2. The van der Waals surface area contributed by atoms with Crippen LogP contribution in [0.3, 0.4) is 0 Å². The van der Waals surface area contributed by atoms with Gasteiger partial charge >= 0.3 is 0 Å². The van der Waals surface area contributed by atoms with Crippen LogP contribution < -0.4 is 4.48 Å². The molecule has 0 radical (unpaired) electrons. The quantitative estimate of drug-likeness (QED) is 0.0464. The normalized spacial score (nSPS) is 11.8. The molecule has 0 amide bonds. The van der Waals surface area contributed by atoms with Gasteiger partial charge in [-0.3, -0.25) is 4.48 Å². The molecule has 0 atom stereocenters. The van der Waals surface area contributed by atoms with E-state index in [4.69, 9.17) is 0 Å². The maximum atomic E-state index is 15.6. The molecule has 0 bridgehead atoms. The SMILES string of the molecule is CCCCN(CCCC)CCCC.C[N+](C)(c1ccc(-c2c(F)c(F)c(F)c(F)c2F)c(-c2c(F)c(F)c(F)c(F)c2F)c1-c1c(F)c(F)c(F)c(F)c1F)c1c(F)c(F)c(F)c(F)c1F. The van der Waals surface area contributed by atoms with Gasteiger partial charge in [-0.1, -0.05) is 40.0 Å². The third-order valence-electron chi connectivity index (χ3n) is 10.4.